The first-order valence-corrected chi connectivity index (χ1v) is 7.87. The topological polar surface area (TPSA) is 96.0 Å². The Morgan fingerprint density at radius 3 is 2.75 bits per heavy atom. The number of nitriles is 1. The van der Waals surface area contributed by atoms with Gasteiger partial charge in [-0.25, -0.2) is 13.1 Å². The van der Waals surface area contributed by atoms with Crippen molar-refractivity contribution in [1.82, 2.24) is 4.72 Å². The summed E-state index contributed by atoms with van der Waals surface area (Å²) >= 11 is 0. The van der Waals surface area contributed by atoms with Gasteiger partial charge in [0, 0.05) is 12.6 Å². The molecule has 0 spiro atoms. The minimum atomic E-state index is -3.40. The molecule has 0 aromatic heterocycles. The summed E-state index contributed by atoms with van der Waals surface area (Å²) < 4.78 is 26.3. The van der Waals surface area contributed by atoms with Crippen molar-refractivity contribution in [1.29, 1.82) is 5.26 Å². The summed E-state index contributed by atoms with van der Waals surface area (Å²) in [5.74, 6) is 0.338. The first kappa shape index (κ1) is 16.9. The molecule has 1 unspecified atom stereocenters. The van der Waals surface area contributed by atoms with Crippen molar-refractivity contribution in [2.75, 3.05) is 6.54 Å². The van der Waals surface area contributed by atoms with Crippen LogP contribution in [0.25, 0.3) is 0 Å². The van der Waals surface area contributed by atoms with Crippen molar-refractivity contribution >= 4 is 22.4 Å². The standard InChI is InChI=1S/C13H17N3O2S.ClH/c14-7-10-2-1-3-11(6-10)9-19(17,18)16-8-13(15)12-4-5-12;/h1-3,6,12-13,16H,4-5,8-9,15H2;1H. The van der Waals surface area contributed by atoms with E-state index in [2.05, 4.69) is 4.72 Å². The van der Waals surface area contributed by atoms with Crippen LogP contribution in [0.15, 0.2) is 24.3 Å². The first-order chi connectivity index (χ1) is 9.00. The van der Waals surface area contributed by atoms with Gasteiger partial charge in [-0.3, -0.25) is 0 Å². The summed E-state index contributed by atoms with van der Waals surface area (Å²) in [5, 5.41) is 8.77. The number of nitrogens with two attached hydrogens (primary N) is 1. The lowest BCUT2D eigenvalue weighted by molar-refractivity contribution is 0.547. The van der Waals surface area contributed by atoms with Crippen molar-refractivity contribution in [3.63, 3.8) is 0 Å². The van der Waals surface area contributed by atoms with E-state index in [9.17, 15) is 8.42 Å². The minimum Gasteiger partial charge on any atom is -0.326 e. The average molecular weight is 316 g/mol. The number of halogens is 1. The number of hydrogen-bond donors (Lipinski definition) is 2. The summed E-state index contributed by atoms with van der Waals surface area (Å²) in [7, 11) is -3.40. The fourth-order valence-electron chi connectivity index (χ4n) is 1.92. The lowest BCUT2D eigenvalue weighted by atomic mass is 10.2. The Labute approximate surface area is 125 Å². The van der Waals surface area contributed by atoms with E-state index in [1.54, 1.807) is 24.3 Å². The maximum Gasteiger partial charge on any atom is 0.215 e. The van der Waals surface area contributed by atoms with Gasteiger partial charge in [0.15, 0.2) is 0 Å². The Morgan fingerprint density at radius 1 is 1.45 bits per heavy atom. The molecule has 0 saturated heterocycles. The van der Waals surface area contributed by atoms with Gasteiger partial charge in [-0.05, 0) is 36.5 Å². The molecule has 1 aliphatic carbocycles. The van der Waals surface area contributed by atoms with Crippen LogP contribution in [-0.2, 0) is 15.8 Å². The fourth-order valence-corrected chi connectivity index (χ4v) is 3.08. The Balaban J connectivity index is 0.00000200. The van der Waals surface area contributed by atoms with Crippen LogP contribution in [0.3, 0.4) is 0 Å². The summed E-state index contributed by atoms with van der Waals surface area (Å²) in [6.45, 7) is 0.283. The van der Waals surface area contributed by atoms with Crippen LogP contribution >= 0.6 is 12.4 Å². The van der Waals surface area contributed by atoms with Crippen molar-refractivity contribution < 1.29 is 8.42 Å². The molecule has 0 radical (unpaired) electrons. The predicted octanol–water partition coefficient (Wildman–Crippen LogP) is 1.14. The molecule has 0 heterocycles. The van der Waals surface area contributed by atoms with E-state index in [-0.39, 0.29) is 30.7 Å². The zero-order valence-corrected chi connectivity index (χ0v) is 12.6. The molecule has 110 valence electrons. The van der Waals surface area contributed by atoms with Gasteiger partial charge in [0.25, 0.3) is 0 Å². The maximum atomic E-state index is 11.9. The number of benzene rings is 1. The molecule has 20 heavy (non-hydrogen) atoms. The van der Waals surface area contributed by atoms with E-state index in [0.717, 1.165) is 12.8 Å². The summed E-state index contributed by atoms with van der Waals surface area (Å²) in [5.41, 5.74) is 6.92. The van der Waals surface area contributed by atoms with Gasteiger partial charge in [0.1, 0.15) is 0 Å². The van der Waals surface area contributed by atoms with Crippen LogP contribution in [0.1, 0.15) is 24.0 Å². The Hall–Kier alpha value is -1.13. The normalized spacial score (nSPS) is 16.0. The highest BCUT2D eigenvalue weighted by molar-refractivity contribution is 7.88. The lowest BCUT2D eigenvalue weighted by Crippen LogP contribution is -2.39. The van der Waals surface area contributed by atoms with Crippen molar-refractivity contribution in [3.8, 4) is 6.07 Å². The van der Waals surface area contributed by atoms with E-state index in [4.69, 9.17) is 11.0 Å². The molecule has 0 aliphatic heterocycles. The molecule has 0 amide bonds. The first-order valence-electron chi connectivity index (χ1n) is 6.22. The molecule has 3 N–H and O–H groups in total. The number of nitrogens with one attached hydrogen (secondary N) is 1. The van der Waals surface area contributed by atoms with Gasteiger partial charge in [0.2, 0.25) is 10.0 Å². The minimum absolute atomic E-state index is 0. The van der Waals surface area contributed by atoms with E-state index in [1.165, 1.54) is 0 Å². The number of rotatable bonds is 6. The highest BCUT2D eigenvalue weighted by Crippen LogP contribution is 2.31. The Morgan fingerprint density at radius 2 is 2.15 bits per heavy atom. The number of hydrogen-bond acceptors (Lipinski definition) is 4. The second-order valence-corrected chi connectivity index (χ2v) is 6.73. The molecule has 7 heteroatoms. The molecule has 5 nitrogen and oxygen atoms in total. The zero-order chi connectivity index (χ0) is 13.9. The molecule has 1 aliphatic rings. The Kier molecular flexibility index (Phi) is 5.96. The summed E-state index contributed by atoms with van der Waals surface area (Å²) in [6, 6.07) is 8.50. The predicted molar refractivity (Wildman–Crippen MR) is 79.7 cm³/mol. The van der Waals surface area contributed by atoms with E-state index in [0.29, 0.717) is 17.0 Å². The van der Waals surface area contributed by atoms with Gasteiger partial charge >= 0.3 is 0 Å². The smallest absolute Gasteiger partial charge is 0.215 e. The molecule has 1 fully saturated rings. The zero-order valence-electron chi connectivity index (χ0n) is 11.0. The molecule has 0 bridgehead atoms. The third kappa shape index (κ3) is 5.10. The summed E-state index contributed by atoms with van der Waals surface area (Å²) in [4.78, 5) is 0. The maximum absolute atomic E-state index is 11.9. The third-order valence-electron chi connectivity index (χ3n) is 3.18. The molecule has 1 saturated carbocycles. The van der Waals surface area contributed by atoms with Crippen LogP contribution in [-0.4, -0.2) is 21.0 Å². The quantitative estimate of drug-likeness (QED) is 0.822. The van der Waals surface area contributed by atoms with Crippen molar-refractivity contribution in [3.05, 3.63) is 35.4 Å². The van der Waals surface area contributed by atoms with Gasteiger partial charge in [0.05, 0.1) is 17.4 Å². The van der Waals surface area contributed by atoms with Gasteiger partial charge in [-0.15, -0.1) is 12.4 Å². The third-order valence-corrected chi connectivity index (χ3v) is 4.50. The van der Waals surface area contributed by atoms with Crippen LogP contribution < -0.4 is 10.5 Å². The summed E-state index contributed by atoms with van der Waals surface area (Å²) in [6.07, 6.45) is 2.18. The highest BCUT2D eigenvalue weighted by atomic mass is 35.5. The van der Waals surface area contributed by atoms with Gasteiger partial charge in [-0.2, -0.15) is 5.26 Å². The van der Waals surface area contributed by atoms with Crippen LogP contribution in [0.4, 0.5) is 0 Å². The number of nitrogens with zero attached hydrogens (tertiary/aromatic N) is 1. The van der Waals surface area contributed by atoms with Crippen LogP contribution in [0.2, 0.25) is 0 Å². The average Bonchev–Trinajstić information content (AvgIpc) is 3.20. The second-order valence-electron chi connectivity index (χ2n) is 4.92. The van der Waals surface area contributed by atoms with E-state index >= 15 is 0 Å². The van der Waals surface area contributed by atoms with Crippen LogP contribution in [0, 0.1) is 17.2 Å². The number of sulfonamides is 1. The Bertz CT molecular complexity index is 594. The van der Waals surface area contributed by atoms with E-state index < -0.39 is 10.0 Å². The highest BCUT2D eigenvalue weighted by Gasteiger charge is 2.29. The molecule has 1 aromatic carbocycles. The van der Waals surface area contributed by atoms with Crippen LogP contribution in [0.5, 0.6) is 0 Å². The van der Waals surface area contributed by atoms with E-state index in [1.807, 2.05) is 6.07 Å². The molecule has 2 rings (SSSR count). The molecule has 1 aromatic rings. The second kappa shape index (κ2) is 7.04. The van der Waals surface area contributed by atoms with Crippen molar-refractivity contribution in [2.24, 2.45) is 11.7 Å². The lowest BCUT2D eigenvalue weighted by Gasteiger charge is -2.12. The largest absolute Gasteiger partial charge is 0.326 e. The monoisotopic (exact) mass is 315 g/mol. The molecule has 1 atom stereocenters. The van der Waals surface area contributed by atoms with Gasteiger partial charge in [-0.1, -0.05) is 12.1 Å². The van der Waals surface area contributed by atoms with Crippen molar-refractivity contribution in [2.45, 2.75) is 24.6 Å². The molecular weight excluding hydrogens is 298 g/mol. The SMILES string of the molecule is Cl.N#Cc1cccc(CS(=O)(=O)NCC(N)C2CC2)c1. The molecular formula is C13H18ClN3O2S. The fraction of sp³-hybridized carbons (Fsp3) is 0.462. The van der Waals surface area contributed by atoms with Gasteiger partial charge < -0.3 is 5.73 Å².